The smallest absolute Gasteiger partial charge is 0.254 e. The number of hydrogen-bond donors (Lipinski definition) is 1. The maximum atomic E-state index is 12.0. The maximum absolute atomic E-state index is 12.0. The van der Waals surface area contributed by atoms with Gasteiger partial charge in [0.05, 0.1) is 5.69 Å². The second-order valence-electron chi connectivity index (χ2n) is 4.29. The van der Waals surface area contributed by atoms with E-state index in [1.165, 1.54) is 4.90 Å². The van der Waals surface area contributed by atoms with Gasteiger partial charge in [-0.2, -0.15) is 0 Å². The van der Waals surface area contributed by atoms with Crippen molar-refractivity contribution in [1.29, 1.82) is 0 Å². The molecule has 0 aliphatic heterocycles. The number of amides is 1. The normalized spacial score (nSPS) is 10.1. The Morgan fingerprint density at radius 2 is 1.95 bits per heavy atom. The van der Waals surface area contributed by atoms with Gasteiger partial charge in [-0.15, -0.1) is 6.42 Å². The predicted molar refractivity (Wildman–Crippen MR) is 79.4 cm³/mol. The summed E-state index contributed by atoms with van der Waals surface area (Å²) in [7, 11) is 0. The summed E-state index contributed by atoms with van der Waals surface area (Å²) in [6.07, 6.45) is 6.74. The Kier molecular flexibility index (Phi) is 6.78. The summed E-state index contributed by atoms with van der Waals surface area (Å²) in [5, 5.41) is 9.16. The van der Waals surface area contributed by atoms with E-state index in [-0.39, 0.29) is 13.3 Å². The highest BCUT2D eigenvalue weighted by Crippen LogP contribution is 2.27. The molecule has 1 aromatic carbocycles. The third-order valence-electron chi connectivity index (χ3n) is 3.08. The average molecular weight is 275 g/mol. The van der Waals surface area contributed by atoms with E-state index in [4.69, 9.17) is 16.3 Å². The predicted octanol–water partition coefficient (Wildman–Crippen LogP) is 1.74. The van der Waals surface area contributed by atoms with Crippen LogP contribution in [-0.4, -0.2) is 31.0 Å². The molecule has 4 nitrogen and oxygen atoms in total. The fraction of sp³-hybridized carbons (Fsp3) is 0.438. The van der Waals surface area contributed by atoms with Crippen molar-refractivity contribution < 1.29 is 14.6 Å². The number of aryl methyl sites for hydroxylation is 2. The van der Waals surface area contributed by atoms with Gasteiger partial charge < -0.3 is 9.84 Å². The molecule has 0 unspecified atom stereocenters. The van der Waals surface area contributed by atoms with Crippen molar-refractivity contribution in [3.05, 3.63) is 29.3 Å². The summed E-state index contributed by atoms with van der Waals surface area (Å²) < 4.78 is 5.28. The highest BCUT2D eigenvalue weighted by molar-refractivity contribution is 5.95. The lowest BCUT2D eigenvalue weighted by Gasteiger charge is -2.26. The molecule has 4 heteroatoms. The molecule has 0 heterocycles. The molecule has 1 rings (SSSR count). The minimum absolute atomic E-state index is 0.0492. The molecule has 0 aliphatic rings. The van der Waals surface area contributed by atoms with Crippen LogP contribution in [0.1, 0.15) is 25.0 Å². The van der Waals surface area contributed by atoms with Gasteiger partial charge in [-0.1, -0.05) is 38.0 Å². The van der Waals surface area contributed by atoms with Crippen LogP contribution in [-0.2, 0) is 22.4 Å². The van der Waals surface area contributed by atoms with Gasteiger partial charge >= 0.3 is 0 Å². The highest BCUT2D eigenvalue weighted by Gasteiger charge is 2.20. The van der Waals surface area contributed by atoms with Crippen LogP contribution in [0.2, 0.25) is 0 Å². The number of rotatable bonds is 7. The highest BCUT2D eigenvalue weighted by atomic mass is 16.5. The number of carbonyl (C=O) groups is 1. The zero-order valence-electron chi connectivity index (χ0n) is 12.1. The van der Waals surface area contributed by atoms with Crippen LogP contribution in [0.4, 0.5) is 5.69 Å². The lowest BCUT2D eigenvalue weighted by Crippen LogP contribution is -2.36. The number of carbonyl (C=O) groups excluding carboxylic acids is 1. The number of benzene rings is 1. The second kappa shape index (κ2) is 8.36. The maximum Gasteiger partial charge on any atom is 0.254 e. The van der Waals surface area contributed by atoms with Gasteiger partial charge in [-0.05, 0) is 24.0 Å². The quantitative estimate of drug-likeness (QED) is 0.468. The molecule has 0 saturated carbocycles. The van der Waals surface area contributed by atoms with E-state index in [1.54, 1.807) is 0 Å². The molecule has 1 N–H and O–H groups in total. The number of terminal acetylenes is 1. The van der Waals surface area contributed by atoms with Crippen molar-refractivity contribution in [1.82, 2.24) is 0 Å². The van der Waals surface area contributed by atoms with E-state index in [1.807, 2.05) is 32.0 Å². The number of aliphatic hydroxyl groups is 1. The van der Waals surface area contributed by atoms with Gasteiger partial charge in [-0.3, -0.25) is 9.69 Å². The van der Waals surface area contributed by atoms with Crippen molar-refractivity contribution >= 4 is 11.6 Å². The Labute approximate surface area is 120 Å². The first-order chi connectivity index (χ1) is 9.69. The van der Waals surface area contributed by atoms with Crippen LogP contribution in [0.5, 0.6) is 0 Å². The van der Waals surface area contributed by atoms with Crippen molar-refractivity contribution in [3.8, 4) is 12.3 Å². The topological polar surface area (TPSA) is 49.8 Å². The van der Waals surface area contributed by atoms with Crippen LogP contribution >= 0.6 is 0 Å². The fourth-order valence-electron chi connectivity index (χ4n) is 2.10. The monoisotopic (exact) mass is 275 g/mol. The van der Waals surface area contributed by atoms with E-state index in [2.05, 4.69) is 5.92 Å². The Morgan fingerprint density at radius 3 is 2.40 bits per heavy atom. The summed E-state index contributed by atoms with van der Waals surface area (Å²) in [6, 6.07) is 5.94. The van der Waals surface area contributed by atoms with Gasteiger partial charge in [0.2, 0.25) is 0 Å². The molecule has 1 amide bonds. The Morgan fingerprint density at radius 1 is 1.35 bits per heavy atom. The van der Waals surface area contributed by atoms with Gasteiger partial charge in [0.15, 0.2) is 0 Å². The summed E-state index contributed by atoms with van der Waals surface area (Å²) in [5.74, 6) is 1.97. The van der Waals surface area contributed by atoms with Crippen LogP contribution in [0.15, 0.2) is 18.2 Å². The van der Waals surface area contributed by atoms with Crippen LogP contribution in [0, 0.1) is 12.3 Å². The van der Waals surface area contributed by atoms with Gasteiger partial charge in [0.1, 0.15) is 19.9 Å². The number of aliphatic hydroxyl groups excluding tert-OH is 1. The lowest BCUT2D eigenvalue weighted by molar-refractivity contribution is -0.122. The second-order valence-corrected chi connectivity index (χ2v) is 4.29. The molecule has 1 aromatic rings. The third kappa shape index (κ3) is 3.83. The average Bonchev–Trinajstić information content (AvgIpc) is 2.50. The van der Waals surface area contributed by atoms with Crippen LogP contribution in [0.25, 0.3) is 0 Å². The zero-order valence-corrected chi connectivity index (χ0v) is 12.1. The number of hydrogen-bond acceptors (Lipinski definition) is 3. The largest absolute Gasteiger partial charge is 0.387 e. The molecule has 0 saturated heterocycles. The van der Waals surface area contributed by atoms with Crippen molar-refractivity contribution in [2.45, 2.75) is 26.7 Å². The zero-order chi connectivity index (χ0) is 15.0. The molecule has 0 fully saturated rings. The lowest BCUT2D eigenvalue weighted by atomic mass is 10.0. The SMILES string of the molecule is C#CCOCN(C(=O)CO)c1c(CC)cccc1CC. The molecule has 0 aliphatic carbocycles. The summed E-state index contributed by atoms with van der Waals surface area (Å²) in [5.41, 5.74) is 2.93. The molecule has 0 atom stereocenters. The van der Waals surface area contributed by atoms with E-state index in [0.717, 1.165) is 29.7 Å². The minimum atomic E-state index is -0.555. The van der Waals surface area contributed by atoms with Crippen molar-refractivity contribution in [3.63, 3.8) is 0 Å². The van der Waals surface area contributed by atoms with Gasteiger partial charge in [-0.25, -0.2) is 0 Å². The van der Waals surface area contributed by atoms with Crippen LogP contribution < -0.4 is 4.90 Å². The van der Waals surface area contributed by atoms with Crippen molar-refractivity contribution in [2.75, 3.05) is 24.8 Å². The first kappa shape index (κ1) is 16.2. The standard InChI is InChI=1S/C16H21NO3/c1-4-10-20-12-17(15(19)11-18)16-13(5-2)8-7-9-14(16)6-3/h1,7-9,18H,5-6,10-12H2,2-3H3. The number of para-hydroxylation sites is 1. The third-order valence-corrected chi connectivity index (χ3v) is 3.08. The minimum Gasteiger partial charge on any atom is -0.387 e. The van der Waals surface area contributed by atoms with E-state index < -0.39 is 12.5 Å². The number of ether oxygens (including phenoxy) is 1. The van der Waals surface area contributed by atoms with Crippen LogP contribution in [0.3, 0.4) is 0 Å². The number of nitrogens with zero attached hydrogens (tertiary/aromatic N) is 1. The first-order valence-electron chi connectivity index (χ1n) is 6.72. The fourth-order valence-corrected chi connectivity index (χ4v) is 2.10. The Balaban J connectivity index is 3.18. The summed E-state index contributed by atoms with van der Waals surface area (Å²) in [4.78, 5) is 13.5. The molecule has 0 aromatic heterocycles. The van der Waals surface area contributed by atoms with E-state index in [0.29, 0.717) is 0 Å². The van der Waals surface area contributed by atoms with E-state index >= 15 is 0 Å². The Bertz CT molecular complexity index is 469. The molecule has 0 bridgehead atoms. The van der Waals surface area contributed by atoms with Crippen molar-refractivity contribution in [2.24, 2.45) is 0 Å². The molecule has 0 spiro atoms. The molecule has 108 valence electrons. The first-order valence-corrected chi connectivity index (χ1v) is 6.72. The Hall–Kier alpha value is -1.83. The molecular formula is C16H21NO3. The van der Waals surface area contributed by atoms with E-state index in [9.17, 15) is 4.79 Å². The molecular weight excluding hydrogens is 254 g/mol. The summed E-state index contributed by atoms with van der Waals surface area (Å²) in [6.45, 7) is 3.68. The molecule has 0 radical (unpaired) electrons. The summed E-state index contributed by atoms with van der Waals surface area (Å²) >= 11 is 0. The van der Waals surface area contributed by atoms with Gasteiger partial charge in [0, 0.05) is 0 Å². The molecule has 20 heavy (non-hydrogen) atoms. The number of anilines is 1. The van der Waals surface area contributed by atoms with Gasteiger partial charge in [0.25, 0.3) is 5.91 Å².